The van der Waals surface area contributed by atoms with Gasteiger partial charge in [0.25, 0.3) is 0 Å². The van der Waals surface area contributed by atoms with E-state index in [0.29, 0.717) is 0 Å². The number of carbonyl (C=O) groups excluding carboxylic acids is 3. The van der Waals surface area contributed by atoms with Crippen LogP contribution in [0.1, 0.15) is 35.4 Å². The van der Waals surface area contributed by atoms with Crippen molar-refractivity contribution in [2.45, 2.75) is 37.5 Å². The van der Waals surface area contributed by atoms with E-state index in [4.69, 9.17) is 19.3 Å². The van der Waals surface area contributed by atoms with Crippen molar-refractivity contribution < 1.29 is 38.5 Å². The number of hydrogen-bond acceptors (Lipinski definition) is 7. The first-order chi connectivity index (χ1) is 19.9. The summed E-state index contributed by atoms with van der Waals surface area (Å²) in [7, 11) is 1.25. The van der Waals surface area contributed by atoms with Crippen molar-refractivity contribution in [3.63, 3.8) is 0 Å². The predicted octanol–water partition coefficient (Wildman–Crippen LogP) is 3.63. The number of fused-ring (bicyclic) bond motifs is 3. The number of rotatable bonds is 13. The Balaban J connectivity index is 1.38. The molecule has 41 heavy (non-hydrogen) atoms. The molecule has 3 aromatic carbocycles. The lowest BCUT2D eigenvalue weighted by atomic mass is 9.98. The zero-order valence-corrected chi connectivity index (χ0v) is 22.6. The summed E-state index contributed by atoms with van der Waals surface area (Å²) in [5.74, 6) is -2.73. The molecule has 10 heteroatoms. The molecule has 10 nitrogen and oxygen atoms in total. The summed E-state index contributed by atoms with van der Waals surface area (Å²) in [4.78, 5) is 49.6. The molecule has 0 saturated heterocycles. The van der Waals surface area contributed by atoms with Gasteiger partial charge in [-0.15, -0.1) is 0 Å². The second kappa shape index (κ2) is 14.1. The zero-order valence-electron chi connectivity index (χ0n) is 22.6. The maximum absolute atomic E-state index is 12.9. The Kier molecular flexibility index (Phi) is 10.1. The van der Waals surface area contributed by atoms with Crippen molar-refractivity contribution in [1.29, 1.82) is 0 Å². The molecule has 0 fully saturated rings. The Morgan fingerprint density at radius 2 is 1.46 bits per heavy atom. The first kappa shape index (κ1) is 29.3. The van der Waals surface area contributed by atoms with E-state index in [2.05, 4.69) is 10.6 Å². The number of benzene rings is 3. The largest absolute Gasteiger partial charge is 0.479 e. The maximum Gasteiger partial charge on any atom is 0.407 e. The van der Waals surface area contributed by atoms with E-state index in [1.54, 1.807) is 12.1 Å². The molecule has 0 saturated carbocycles. The number of ether oxygens (including phenoxy) is 3. The van der Waals surface area contributed by atoms with Crippen LogP contribution in [0.2, 0.25) is 0 Å². The third-order valence-electron chi connectivity index (χ3n) is 6.83. The summed E-state index contributed by atoms with van der Waals surface area (Å²) in [6, 6.07) is 23.5. The number of hydrogen-bond donors (Lipinski definition) is 3. The van der Waals surface area contributed by atoms with Crippen molar-refractivity contribution in [2.24, 2.45) is 0 Å². The van der Waals surface area contributed by atoms with Crippen LogP contribution in [0.25, 0.3) is 11.1 Å². The number of esters is 1. The number of carboxylic acids is 1. The van der Waals surface area contributed by atoms with Gasteiger partial charge in [0.15, 0.2) is 6.10 Å². The lowest BCUT2D eigenvalue weighted by Gasteiger charge is -2.20. The number of carbonyl (C=O) groups is 4. The number of aliphatic carboxylic acids is 1. The van der Waals surface area contributed by atoms with E-state index in [9.17, 15) is 19.2 Å². The van der Waals surface area contributed by atoms with E-state index in [-0.39, 0.29) is 32.1 Å². The molecule has 2 amide bonds. The van der Waals surface area contributed by atoms with E-state index in [1.807, 2.05) is 66.7 Å². The molecule has 0 heterocycles. The van der Waals surface area contributed by atoms with Gasteiger partial charge in [-0.05, 0) is 27.8 Å². The van der Waals surface area contributed by atoms with Gasteiger partial charge in [0, 0.05) is 26.0 Å². The zero-order chi connectivity index (χ0) is 29.2. The molecule has 2 atom stereocenters. The SMILES string of the molecule is COC(CCNC(=O)[C@H](CC(=O)OCc1ccccc1)NC(=O)OCC1c2ccccc2-c2ccccc21)C(=O)O. The summed E-state index contributed by atoms with van der Waals surface area (Å²) in [5.41, 5.74) is 4.99. The van der Waals surface area contributed by atoms with Crippen molar-refractivity contribution in [3.8, 4) is 11.1 Å². The van der Waals surface area contributed by atoms with Gasteiger partial charge in [0.1, 0.15) is 19.3 Å². The highest BCUT2D eigenvalue weighted by atomic mass is 16.6. The first-order valence-corrected chi connectivity index (χ1v) is 13.2. The summed E-state index contributed by atoms with van der Waals surface area (Å²) < 4.78 is 15.7. The molecule has 214 valence electrons. The number of methoxy groups -OCH3 is 1. The van der Waals surface area contributed by atoms with Gasteiger partial charge < -0.3 is 30.0 Å². The molecule has 0 bridgehead atoms. The summed E-state index contributed by atoms with van der Waals surface area (Å²) in [5, 5.41) is 14.2. The Bertz CT molecular complexity index is 1330. The molecule has 0 radical (unpaired) electrons. The molecule has 1 aliphatic carbocycles. The lowest BCUT2D eigenvalue weighted by molar-refractivity contribution is -0.149. The Morgan fingerprint density at radius 1 is 0.854 bits per heavy atom. The highest BCUT2D eigenvalue weighted by Crippen LogP contribution is 2.44. The van der Waals surface area contributed by atoms with Gasteiger partial charge in [0.05, 0.1) is 6.42 Å². The van der Waals surface area contributed by atoms with Gasteiger partial charge in [-0.25, -0.2) is 9.59 Å². The van der Waals surface area contributed by atoms with Crippen LogP contribution in [-0.2, 0) is 35.2 Å². The second-order valence-electron chi connectivity index (χ2n) is 9.52. The number of amides is 2. The average Bonchev–Trinajstić information content (AvgIpc) is 3.30. The fourth-order valence-electron chi connectivity index (χ4n) is 4.75. The fourth-order valence-corrected chi connectivity index (χ4v) is 4.75. The number of alkyl carbamates (subject to hydrolysis) is 1. The molecular formula is C31H32N2O8. The highest BCUT2D eigenvalue weighted by molar-refractivity contribution is 5.89. The molecule has 1 aliphatic rings. The van der Waals surface area contributed by atoms with Crippen LogP contribution in [0, 0.1) is 0 Å². The molecule has 1 unspecified atom stereocenters. The monoisotopic (exact) mass is 560 g/mol. The highest BCUT2D eigenvalue weighted by Gasteiger charge is 2.30. The quantitative estimate of drug-likeness (QED) is 0.269. The molecule has 3 N–H and O–H groups in total. The van der Waals surface area contributed by atoms with E-state index >= 15 is 0 Å². The third kappa shape index (κ3) is 7.70. The van der Waals surface area contributed by atoms with Gasteiger partial charge in [-0.3, -0.25) is 9.59 Å². The summed E-state index contributed by atoms with van der Waals surface area (Å²) in [6.45, 7) is -0.0144. The van der Waals surface area contributed by atoms with Gasteiger partial charge in [-0.1, -0.05) is 78.9 Å². The lowest BCUT2D eigenvalue weighted by Crippen LogP contribution is -2.49. The van der Waals surface area contributed by atoms with Crippen LogP contribution in [0.15, 0.2) is 78.9 Å². The Labute approximate surface area is 237 Å². The van der Waals surface area contributed by atoms with Crippen molar-refractivity contribution in [1.82, 2.24) is 10.6 Å². The van der Waals surface area contributed by atoms with E-state index in [1.165, 1.54) is 7.11 Å². The minimum atomic E-state index is -1.31. The van der Waals surface area contributed by atoms with E-state index in [0.717, 1.165) is 27.8 Å². The topological polar surface area (TPSA) is 140 Å². The van der Waals surface area contributed by atoms with Crippen LogP contribution in [0.5, 0.6) is 0 Å². The Hall–Kier alpha value is -4.70. The second-order valence-corrected chi connectivity index (χ2v) is 9.52. The number of carboxylic acid groups (broad SMARTS) is 1. The standard InChI is InChI=1S/C31H32N2O8/c1-39-27(30(36)37)15-16-32-29(35)26(17-28(34)40-18-20-9-3-2-4-10-20)33-31(38)41-19-25-23-13-7-5-11-21(23)22-12-6-8-14-24(22)25/h2-14,25-27H,15-19H2,1H3,(H,32,35)(H,33,38)(H,36,37)/t26-,27?/m0/s1. The molecule has 0 aromatic heterocycles. The predicted molar refractivity (Wildman–Crippen MR) is 149 cm³/mol. The van der Waals surface area contributed by atoms with Gasteiger partial charge in [-0.2, -0.15) is 0 Å². The molecular weight excluding hydrogens is 528 g/mol. The summed E-state index contributed by atoms with van der Waals surface area (Å²) in [6.07, 6.45) is -2.44. The minimum Gasteiger partial charge on any atom is -0.479 e. The van der Waals surface area contributed by atoms with Crippen LogP contribution >= 0.6 is 0 Å². The van der Waals surface area contributed by atoms with Gasteiger partial charge >= 0.3 is 18.0 Å². The molecule has 0 spiro atoms. The smallest absolute Gasteiger partial charge is 0.407 e. The van der Waals surface area contributed by atoms with Crippen molar-refractivity contribution in [3.05, 3.63) is 95.6 Å². The fraction of sp³-hybridized carbons (Fsp3) is 0.290. The molecule has 4 rings (SSSR count). The van der Waals surface area contributed by atoms with Crippen LogP contribution < -0.4 is 10.6 Å². The molecule has 0 aliphatic heterocycles. The maximum atomic E-state index is 12.9. The van der Waals surface area contributed by atoms with E-state index < -0.39 is 42.5 Å². The van der Waals surface area contributed by atoms with Crippen LogP contribution in [0.3, 0.4) is 0 Å². The van der Waals surface area contributed by atoms with Crippen LogP contribution in [-0.4, -0.2) is 61.5 Å². The Morgan fingerprint density at radius 3 is 2.07 bits per heavy atom. The molecule has 3 aromatic rings. The normalized spacial score (nSPS) is 13.3. The minimum absolute atomic E-state index is 0.00626. The van der Waals surface area contributed by atoms with Gasteiger partial charge in [0.2, 0.25) is 5.91 Å². The number of nitrogens with one attached hydrogen (secondary N) is 2. The van der Waals surface area contributed by atoms with Crippen molar-refractivity contribution >= 4 is 23.9 Å². The summed E-state index contributed by atoms with van der Waals surface area (Å²) >= 11 is 0. The third-order valence-corrected chi connectivity index (χ3v) is 6.83. The van der Waals surface area contributed by atoms with Crippen molar-refractivity contribution in [2.75, 3.05) is 20.3 Å². The first-order valence-electron chi connectivity index (χ1n) is 13.2. The van der Waals surface area contributed by atoms with Crippen LogP contribution in [0.4, 0.5) is 4.79 Å². The average molecular weight is 561 g/mol.